The maximum absolute atomic E-state index is 10.00. The van der Waals surface area contributed by atoms with E-state index in [0.717, 1.165) is 12.5 Å². The average molecular weight is 633 g/mol. The Bertz CT molecular complexity index is 548. The van der Waals surface area contributed by atoms with Crippen molar-refractivity contribution in [3.63, 3.8) is 0 Å². The molecule has 0 aliphatic rings. The Morgan fingerprint density at radius 3 is 0.780 bits per heavy atom. The molecular weight excluding hydrogens is 561 g/mol. The van der Waals surface area contributed by atoms with E-state index in [-0.39, 0.29) is 0 Å². The van der Waals surface area contributed by atoms with Gasteiger partial charge in [0.1, 0.15) is 0 Å². The van der Waals surface area contributed by atoms with Crippen LogP contribution < -0.4 is 0 Å². The van der Waals surface area contributed by atoms with Gasteiger partial charge in [-0.3, -0.25) is 0 Å². The van der Waals surface area contributed by atoms with E-state index in [1.807, 2.05) is 6.55 Å². The highest BCUT2D eigenvalue weighted by Crippen LogP contribution is 2.23. The van der Waals surface area contributed by atoms with Crippen molar-refractivity contribution in [3.8, 4) is 0 Å². The normalized spacial score (nSPS) is 11.7. The molecule has 0 heterocycles. The van der Waals surface area contributed by atoms with Crippen LogP contribution in [0.25, 0.3) is 0 Å². The molecule has 0 N–H and O–H groups in total. The summed E-state index contributed by atoms with van der Waals surface area (Å²) >= 11 is 12.3. The number of isocyanates is 1. The molecule has 0 aromatic heterocycles. The molecule has 0 bridgehead atoms. The first-order chi connectivity index (χ1) is 20.1. The van der Waals surface area contributed by atoms with Crippen molar-refractivity contribution in [2.45, 2.75) is 218 Å². The second-order valence-electron chi connectivity index (χ2n) is 13.1. The van der Waals surface area contributed by atoms with Crippen LogP contribution >= 0.6 is 22.2 Å². The van der Waals surface area contributed by atoms with E-state index in [4.69, 9.17) is 22.2 Å². The van der Waals surface area contributed by atoms with Crippen molar-refractivity contribution in [1.29, 1.82) is 0 Å². The van der Waals surface area contributed by atoms with Gasteiger partial charge in [-0.05, 0) is 19.0 Å². The third-order valence-electron chi connectivity index (χ3n) is 8.70. The molecule has 5 heteroatoms. The lowest BCUT2D eigenvalue weighted by molar-refractivity contribution is 0.512. The fourth-order valence-corrected chi connectivity index (χ4v) is 7.65. The van der Waals surface area contributed by atoms with E-state index in [9.17, 15) is 4.79 Å². The lowest BCUT2D eigenvalue weighted by atomic mass is 10.0. The molecule has 0 aromatic carbocycles. The number of hydrogen-bond donors (Lipinski definition) is 0. The summed E-state index contributed by atoms with van der Waals surface area (Å²) in [4.78, 5) is 13.6. The third-order valence-corrected chi connectivity index (χ3v) is 11.1. The average Bonchev–Trinajstić information content (AvgIpc) is 2.94. The van der Waals surface area contributed by atoms with Crippen LogP contribution in [0.2, 0.25) is 12.6 Å². The van der Waals surface area contributed by atoms with Gasteiger partial charge in [0.25, 0.3) is 0 Å². The topological polar surface area (TPSA) is 29.4 Å². The van der Waals surface area contributed by atoms with Gasteiger partial charge in [-0.1, -0.05) is 199 Å². The van der Waals surface area contributed by atoms with Gasteiger partial charge in [0.05, 0.1) is 6.54 Å². The molecule has 0 amide bonds. The fourth-order valence-electron chi connectivity index (χ4n) is 5.98. The van der Waals surface area contributed by atoms with Gasteiger partial charge in [-0.2, -0.15) is 0 Å². The summed E-state index contributed by atoms with van der Waals surface area (Å²) in [6.07, 6.45) is 46.6. The number of unbranched alkanes of at least 4 members (excludes halogenated alkanes) is 31. The van der Waals surface area contributed by atoms with Gasteiger partial charge in [0.2, 0.25) is 12.8 Å². The molecular formula is C36H71Cl2NOSi. The zero-order valence-electron chi connectivity index (χ0n) is 27.7. The first-order valence-electron chi connectivity index (χ1n) is 18.5. The zero-order valence-corrected chi connectivity index (χ0v) is 30.2. The van der Waals surface area contributed by atoms with Crippen LogP contribution in [-0.2, 0) is 4.79 Å². The molecule has 244 valence electrons. The minimum atomic E-state index is -1.84. The standard InChI is InChI=1S/C36H71Cl2NOSi/c1-41(37,38)35-33-31-29-27-25-23-21-19-17-15-13-11-9-7-5-3-2-4-6-8-10-12-14-16-18-20-22-24-26-28-30-32-34-39-36-40/h2-35H2,1H3. The molecule has 2 nitrogen and oxygen atoms in total. The summed E-state index contributed by atoms with van der Waals surface area (Å²) in [5.74, 6) is 0. The Balaban J connectivity index is 3.05. The van der Waals surface area contributed by atoms with Crippen molar-refractivity contribution < 1.29 is 4.79 Å². The molecule has 0 radical (unpaired) electrons. The lowest BCUT2D eigenvalue weighted by Crippen LogP contribution is -2.11. The summed E-state index contributed by atoms with van der Waals surface area (Å²) in [5, 5.41) is 0. The van der Waals surface area contributed by atoms with Crippen LogP contribution in [0.15, 0.2) is 4.99 Å². The molecule has 0 fully saturated rings. The fraction of sp³-hybridized carbons (Fsp3) is 0.972. The molecule has 0 aliphatic carbocycles. The van der Waals surface area contributed by atoms with Gasteiger partial charge in [-0.25, -0.2) is 9.79 Å². The van der Waals surface area contributed by atoms with Crippen LogP contribution in [0, 0.1) is 0 Å². The second-order valence-corrected chi connectivity index (χ2v) is 21.3. The largest absolute Gasteiger partial charge is 0.248 e. The number of carbonyl (C=O) groups excluding carboxylic acids is 1. The molecule has 0 saturated heterocycles. The minimum Gasteiger partial charge on any atom is -0.211 e. The summed E-state index contributed by atoms with van der Waals surface area (Å²) in [6.45, 7) is 0.858. The maximum atomic E-state index is 10.00. The highest BCUT2D eigenvalue weighted by Gasteiger charge is 2.19. The molecule has 0 aromatic rings. The SMILES string of the molecule is C[Si](Cl)(Cl)CCCCCCCCCCCCCCCCCCCCCCCCCCCCCCCCCCN=C=O. The molecule has 0 rings (SSSR count). The van der Waals surface area contributed by atoms with Gasteiger partial charge >= 0.3 is 0 Å². The molecule has 0 aliphatic heterocycles. The van der Waals surface area contributed by atoms with Crippen LogP contribution in [0.1, 0.15) is 205 Å². The van der Waals surface area contributed by atoms with Crippen molar-refractivity contribution >= 4 is 34.9 Å². The first-order valence-corrected chi connectivity index (χ1v) is 23.2. The number of nitrogens with zero attached hydrogens (tertiary/aromatic N) is 1. The molecule has 41 heavy (non-hydrogen) atoms. The van der Waals surface area contributed by atoms with E-state index in [0.29, 0.717) is 6.54 Å². The van der Waals surface area contributed by atoms with Gasteiger partial charge in [-0.15, -0.1) is 22.2 Å². The van der Waals surface area contributed by atoms with E-state index in [1.165, 1.54) is 199 Å². The van der Waals surface area contributed by atoms with Crippen LogP contribution in [-0.4, -0.2) is 19.3 Å². The van der Waals surface area contributed by atoms with Crippen LogP contribution in [0.5, 0.6) is 0 Å². The van der Waals surface area contributed by atoms with E-state index >= 15 is 0 Å². The Morgan fingerprint density at radius 2 is 0.585 bits per heavy atom. The number of hydrogen-bond acceptors (Lipinski definition) is 2. The zero-order chi connectivity index (χ0) is 30.0. The molecule has 0 spiro atoms. The van der Waals surface area contributed by atoms with Crippen molar-refractivity contribution in [1.82, 2.24) is 0 Å². The third kappa shape index (κ3) is 40.2. The van der Waals surface area contributed by atoms with Crippen molar-refractivity contribution in [2.75, 3.05) is 6.54 Å². The summed E-state index contributed by atoms with van der Waals surface area (Å²) < 4.78 is 0. The van der Waals surface area contributed by atoms with Crippen molar-refractivity contribution in [3.05, 3.63) is 0 Å². The van der Waals surface area contributed by atoms with Crippen molar-refractivity contribution in [2.24, 2.45) is 4.99 Å². The predicted octanol–water partition coefficient (Wildman–Crippen LogP) is 14.4. The highest BCUT2D eigenvalue weighted by atomic mass is 35.7. The maximum Gasteiger partial charge on any atom is 0.248 e. The smallest absolute Gasteiger partial charge is 0.211 e. The van der Waals surface area contributed by atoms with Gasteiger partial charge in [0, 0.05) is 0 Å². The first kappa shape index (κ1) is 41.2. The van der Waals surface area contributed by atoms with E-state index in [2.05, 4.69) is 4.99 Å². The second kappa shape index (κ2) is 34.7. The number of halogens is 2. The minimum absolute atomic E-state index is 0.666. The quantitative estimate of drug-likeness (QED) is 0.0225. The number of rotatable bonds is 35. The summed E-state index contributed by atoms with van der Waals surface area (Å²) in [7, 11) is 0. The van der Waals surface area contributed by atoms with Crippen LogP contribution in [0.3, 0.4) is 0 Å². The van der Waals surface area contributed by atoms with Gasteiger partial charge in [0.15, 0.2) is 0 Å². The lowest BCUT2D eigenvalue weighted by Gasteiger charge is -2.09. The Kier molecular flexibility index (Phi) is 34.8. The Hall–Kier alpha value is 0.177. The van der Waals surface area contributed by atoms with E-state index in [1.54, 1.807) is 6.08 Å². The summed E-state index contributed by atoms with van der Waals surface area (Å²) in [5.41, 5.74) is 0. The monoisotopic (exact) mass is 631 g/mol. The summed E-state index contributed by atoms with van der Waals surface area (Å²) in [6, 6.07) is 1.06. The molecule has 0 atom stereocenters. The van der Waals surface area contributed by atoms with E-state index < -0.39 is 6.69 Å². The van der Waals surface area contributed by atoms with Gasteiger partial charge < -0.3 is 0 Å². The Morgan fingerprint density at radius 1 is 0.390 bits per heavy atom. The Labute approximate surface area is 268 Å². The highest BCUT2D eigenvalue weighted by molar-refractivity contribution is 7.44. The van der Waals surface area contributed by atoms with Crippen LogP contribution in [0.4, 0.5) is 0 Å². The molecule has 0 unspecified atom stereocenters. The number of aliphatic imine (C=N–C) groups is 1. The molecule has 0 saturated carbocycles. The predicted molar refractivity (Wildman–Crippen MR) is 189 cm³/mol.